The predicted molar refractivity (Wildman–Crippen MR) is 46.2 cm³/mol. The second kappa shape index (κ2) is 4.73. The van der Waals surface area contributed by atoms with Gasteiger partial charge in [0.25, 0.3) is 0 Å². The zero-order valence-corrected chi connectivity index (χ0v) is 7.13. The maximum atomic E-state index is 8.74. The first-order chi connectivity index (χ1) is 5.36. The largest absolute Gasteiger partial charge is 0.396 e. The Morgan fingerprint density at radius 1 is 1.55 bits per heavy atom. The normalized spacial score (nSPS) is 27.3. The molecule has 1 radical (unpaired) electrons. The molecule has 0 aromatic heterocycles. The van der Waals surface area contributed by atoms with E-state index in [1.807, 2.05) is 0 Å². The number of nitrogens with zero attached hydrogens (tertiary/aromatic N) is 1. The van der Waals surface area contributed by atoms with Crippen LogP contribution in [0.1, 0.15) is 19.3 Å². The molecule has 1 rings (SSSR count). The Morgan fingerprint density at radius 2 is 2.36 bits per heavy atom. The molecule has 1 saturated heterocycles. The van der Waals surface area contributed by atoms with Crippen molar-refractivity contribution in [2.45, 2.75) is 19.3 Å². The van der Waals surface area contributed by atoms with Crippen LogP contribution in [0.3, 0.4) is 0 Å². The van der Waals surface area contributed by atoms with Crippen molar-refractivity contribution in [3.8, 4) is 0 Å². The van der Waals surface area contributed by atoms with Gasteiger partial charge in [-0.1, -0.05) is 0 Å². The number of likely N-dealkylation sites (tertiary alicyclic amines) is 1. The highest BCUT2D eigenvalue weighted by Gasteiger charge is 2.17. The Kier molecular flexibility index (Phi) is 3.87. The summed E-state index contributed by atoms with van der Waals surface area (Å²) in [7, 11) is 0. The van der Waals surface area contributed by atoms with Gasteiger partial charge >= 0.3 is 0 Å². The molecule has 11 heavy (non-hydrogen) atoms. The van der Waals surface area contributed by atoms with Crippen LogP contribution >= 0.6 is 0 Å². The summed E-state index contributed by atoms with van der Waals surface area (Å²) < 4.78 is 0. The van der Waals surface area contributed by atoms with E-state index in [9.17, 15) is 0 Å². The van der Waals surface area contributed by atoms with E-state index in [1.54, 1.807) is 0 Å². The van der Waals surface area contributed by atoms with Crippen LogP contribution in [0.4, 0.5) is 0 Å². The molecule has 0 unspecified atom stereocenters. The summed E-state index contributed by atoms with van der Waals surface area (Å²) >= 11 is 0. The number of aliphatic hydroxyl groups is 1. The van der Waals surface area contributed by atoms with Gasteiger partial charge in [-0.15, -0.1) is 0 Å². The molecule has 0 aliphatic carbocycles. The highest BCUT2D eigenvalue weighted by molar-refractivity contribution is 4.72. The van der Waals surface area contributed by atoms with Crippen molar-refractivity contribution in [3.63, 3.8) is 0 Å². The standard InChI is InChI=1S/C9H18NO/c1-2-10-6-3-4-9(8-10)5-7-11/h9,11H,1-8H2/t9-/m0/s1. The van der Waals surface area contributed by atoms with E-state index in [2.05, 4.69) is 11.8 Å². The van der Waals surface area contributed by atoms with Crippen LogP contribution < -0.4 is 0 Å². The lowest BCUT2D eigenvalue weighted by molar-refractivity contribution is 0.158. The molecule has 1 N–H and O–H groups in total. The quantitative estimate of drug-likeness (QED) is 0.656. The third kappa shape index (κ3) is 2.80. The van der Waals surface area contributed by atoms with Crippen molar-refractivity contribution in [3.05, 3.63) is 6.92 Å². The lowest BCUT2D eigenvalue weighted by atomic mass is 9.95. The fourth-order valence-corrected chi connectivity index (χ4v) is 1.77. The summed E-state index contributed by atoms with van der Waals surface area (Å²) in [5.74, 6) is 0.718. The Balaban J connectivity index is 2.21. The average molecular weight is 156 g/mol. The van der Waals surface area contributed by atoms with Crippen LogP contribution in [0, 0.1) is 12.8 Å². The van der Waals surface area contributed by atoms with Crippen molar-refractivity contribution in [2.75, 3.05) is 26.2 Å². The van der Waals surface area contributed by atoms with Gasteiger partial charge < -0.3 is 10.0 Å². The van der Waals surface area contributed by atoms with Crippen molar-refractivity contribution < 1.29 is 5.11 Å². The van der Waals surface area contributed by atoms with Gasteiger partial charge in [0.1, 0.15) is 0 Å². The smallest absolute Gasteiger partial charge is 0.0434 e. The molecule has 1 atom stereocenters. The van der Waals surface area contributed by atoms with E-state index in [1.165, 1.54) is 19.4 Å². The molecule has 0 spiro atoms. The number of hydrogen-bond acceptors (Lipinski definition) is 2. The van der Waals surface area contributed by atoms with Gasteiger partial charge in [-0.3, -0.25) is 0 Å². The third-order valence-electron chi connectivity index (χ3n) is 2.46. The molecule has 1 fully saturated rings. The van der Waals surface area contributed by atoms with Crippen LogP contribution in [-0.4, -0.2) is 36.2 Å². The Hall–Kier alpha value is -0.0800. The molecule has 0 aromatic carbocycles. The Bertz CT molecular complexity index is 104. The first kappa shape index (κ1) is 9.01. The molecule has 2 nitrogen and oxygen atoms in total. The highest BCUT2D eigenvalue weighted by Crippen LogP contribution is 2.18. The van der Waals surface area contributed by atoms with E-state index in [4.69, 9.17) is 5.11 Å². The lowest BCUT2D eigenvalue weighted by Gasteiger charge is -2.31. The summed E-state index contributed by atoms with van der Waals surface area (Å²) in [6.07, 6.45) is 3.54. The first-order valence-electron chi connectivity index (χ1n) is 4.49. The fraction of sp³-hybridized carbons (Fsp3) is 0.889. The van der Waals surface area contributed by atoms with Gasteiger partial charge in [0.2, 0.25) is 0 Å². The summed E-state index contributed by atoms with van der Waals surface area (Å²) in [6.45, 7) is 7.47. The zero-order valence-electron chi connectivity index (χ0n) is 7.13. The van der Waals surface area contributed by atoms with Crippen molar-refractivity contribution in [1.29, 1.82) is 0 Å². The molecule has 1 heterocycles. The molecule has 2 heteroatoms. The number of aliphatic hydroxyl groups excluding tert-OH is 1. The van der Waals surface area contributed by atoms with Gasteiger partial charge in [-0.25, -0.2) is 0 Å². The molecule has 0 aromatic rings. The summed E-state index contributed by atoms with van der Waals surface area (Å²) in [6, 6.07) is 0. The summed E-state index contributed by atoms with van der Waals surface area (Å²) in [5, 5.41) is 8.74. The van der Waals surface area contributed by atoms with E-state index in [0.29, 0.717) is 6.61 Å². The number of hydrogen-bond donors (Lipinski definition) is 1. The molecule has 1 aliphatic heterocycles. The molecule has 65 valence electrons. The Morgan fingerprint density at radius 3 is 3.00 bits per heavy atom. The van der Waals surface area contributed by atoms with Crippen LogP contribution in [-0.2, 0) is 0 Å². The van der Waals surface area contributed by atoms with Crippen molar-refractivity contribution in [2.24, 2.45) is 5.92 Å². The van der Waals surface area contributed by atoms with Gasteiger partial charge in [-0.05, 0) is 45.2 Å². The fourth-order valence-electron chi connectivity index (χ4n) is 1.77. The van der Waals surface area contributed by atoms with Crippen LogP contribution in [0.25, 0.3) is 0 Å². The molecular weight excluding hydrogens is 138 g/mol. The van der Waals surface area contributed by atoms with Crippen molar-refractivity contribution in [1.82, 2.24) is 4.90 Å². The molecule has 0 bridgehead atoms. The van der Waals surface area contributed by atoms with Crippen LogP contribution in [0.2, 0.25) is 0 Å². The number of rotatable bonds is 3. The van der Waals surface area contributed by atoms with E-state index < -0.39 is 0 Å². The van der Waals surface area contributed by atoms with Gasteiger partial charge in [-0.2, -0.15) is 0 Å². The van der Waals surface area contributed by atoms with E-state index in [-0.39, 0.29) is 0 Å². The van der Waals surface area contributed by atoms with Gasteiger partial charge in [0.15, 0.2) is 0 Å². The Labute approximate surface area is 69.2 Å². The topological polar surface area (TPSA) is 23.5 Å². The minimum Gasteiger partial charge on any atom is -0.396 e. The minimum absolute atomic E-state index is 0.343. The monoisotopic (exact) mass is 156 g/mol. The average Bonchev–Trinajstić information content (AvgIpc) is 2.06. The maximum absolute atomic E-state index is 8.74. The second-order valence-electron chi connectivity index (χ2n) is 3.32. The number of piperidine rings is 1. The van der Waals surface area contributed by atoms with E-state index in [0.717, 1.165) is 25.4 Å². The zero-order chi connectivity index (χ0) is 8.10. The molecule has 1 aliphatic rings. The third-order valence-corrected chi connectivity index (χ3v) is 2.46. The van der Waals surface area contributed by atoms with Gasteiger partial charge in [0.05, 0.1) is 0 Å². The maximum Gasteiger partial charge on any atom is 0.0434 e. The van der Waals surface area contributed by atoms with E-state index >= 15 is 0 Å². The minimum atomic E-state index is 0.343. The first-order valence-corrected chi connectivity index (χ1v) is 4.49. The predicted octanol–water partition coefficient (Wildman–Crippen LogP) is 0.915. The van der Waals surface area contributed by atoms with Gasteiger partial charge in [0, 0.05) is 13.2 Å². The van der Waals surface area contributed by atoms with Crippen LogP contribution in [0.15, 0.2) is 0 Å². The summed E-state index contributed by atoms with van der Waals surface area (Å²) in [4.78, 5) is 2.36. The lowest BCUT2D eigenvalue weighted by Crippen LogP contribution is -2.35. The SMILES string of the molecule is [CH2]CN1CCC[C@@H](CCO)C1. The summed E-state index contributed by atoms with van der Waals surface area (Å²) in [5.41, 5.74) is 0. The molecular formula is C9H18NO. The second-order valence-corrected chi connectivity index (χ2v) is 3.32. The molecule has 0 amide bonds. The molecule has 0 saturated carbocycles. The highest BCUT2D eigenvalue weighted by atomic mass is 16.3. The van der Waals surface area contributed by atoms with Crippen molar-refractivity contribution >= 4 is 0 Å². The van der Waals surface area contributed by atoms with Crippen LogP contribution in [0.5, 0.6) is 0 Å².